The van der Waals surface area contributed by atoms with Crippen LogP contribution in [-0.2, 0) is 6.42 Å². The molecule has 0 amide bonds. The number of nitriles is 1. The smallest absolute Gasteiger partial charge is 0.0912 e. The molecule has 0 radical (unpaired) electrons. The number of benzene rings is 1. The van der Waals surface area contributed by atoms with Crippen LogP contribution in [0.4, 0.5) is 0 Å². The van der Waals surface area contributed by atoms with Crippen molar-refractivity contribution in [3.63, 3.8) is 0 Å². The summed E-state index contributed by atoms with van der Waals surface area (Å²) in [5.41, 5.74) is 3.04. The fourth-order valence-corrected chi connectivity index (χ4v) is 5.50. The van der Waals surface area contributed by atoms with E-state index < -0.39 is 0 Å². The van der Waals surface area contributed by atoms with Gasteiger partial charge in [-0.3, -0.25) is 0 Å². The van der Waals surface area contributed by atoms with E-state index in [4.69, 9.17) is 5.26 Å². The van der Waals surface area contributed by atoms with Gasteiger partial charge < -0.3 is 0 Å². The van der Waals surface area contributed by atoms with Crippen molar-refractivity contribution >= 4 is 0 Å². The van der Waals surface area contributed by atoms with E-state index in [0.717, 1.165) is 36.5 Å². The number of rotatable bonds is 7. The Kier molecular flexibility index (Phi) is 8.41. The Balaban J connectivity index is 1.36. The van der Waals surface area contributed by atoms with Crippen LogP contribution in [0.5, 0.6) is 0 Å². The van der Waals surface area contributed by atoms with Crippen LogP contribution < -0.4 is 0 Å². The molecule has 28 heavy (non-hydrogen) atoms. The maximum atomic E-state index is 8.48. The van der Waals surface area contributed by atoms with Gasteiger partial charge >= 0.3 is 0 Å². The predicted octanol–water partition coefficient (Wildman–Crippen LogP) is 7.75. The standard InChI is InChI=1S/C27H37N/c1-2-22-9-13-24(14-10-22)26-17-19-27(20-18-26)25-15-11-23(12-16-25)8-6-4-3-5-7-21-28/h3-5,7,9-10,13-14,23,25-27H,2,6,8,11-12,15-20H2,1H3/b4-3+,7-5+/t23?,25?,26-,27-. The highest BCUT2D eigenvalue weighted by Crippen LogP contribution is 2.44. The minimum atomic E-state index is 0.806. The second-order valence-corrected chi connectivity index (χ2v) is 8.98. The molecular weight excluding hydrogens is 338 g/mol. The molecule has 2 fully saturated rings. The fraction of sp³-hybridized carbons (Fsp3) is 0.593. The molecule has 0 N–H and O–H groups in total. The van der Waals surface area contributed by atoms with Crippen LogP contribution in [-0.4, -0.2) is 0 Å². The molecule has 0 unspecified atom stereocenters. The highest BCUT2D eigenvalue weighted by Gasteiger charge is 2.31. The van der Waals surface area contributed by atoms with Gasteiger partial charge in [-0.2, -0.15) is 5.26 Å². The van der Waals surface area contributed by atoms with Gasteiger partial charge in [-0.1, -0.05) is 62.3 Å². The van der Waals surface area contributed by atoms with E-state index >= 15 is 0 Å². The summed E-state index contributed by atoms with van der Waals surface area (Å²) < 4.78 is 0. The Morgan fingerprint density at radius 2 is 1.54 bits per heavy atom. The van der Waals surface area contributed by atoms with Gasteiger partial charge in [0.1, 0.15) is 0 Å². The summed E-state index contributed by atoms with van der Waals surface area (Å²) in [5, 5.41) is 8.48. The van der Waals surface area contributed by atoms with Crippen LogP contribution in [0.2, 0.25) is 0 Å². The molecule has 1 heteroatoms. The molecule has 0 atom stereocenters. The quantitative estimate of drug-likeness (QED) is 0.353. The summed E-state index contributed by atoms with van der Waals surface area (Å²) in [6, 6.07) is 11.5. The lowest BCUT2D eigenvalue weighted by Gasteiger charge is -2.38. The van der Waals surface area contributed by atoms with Crippen molar-refractivity contribution in [2.24, 2.45) is 17.8 Å². The molecule has 1 aromatic carbocycles. The number of hydrogen-bond acceptors (Lipinski definition) is 1. The summed E-state index contributed by atoms with van der Waals surface area (Å²) >= 11 is 0. The Morgan fingerprint density at radius 1 is 0.893 bits per heavy atom. The van der Waals surface area contributed by atoms with Crippen molar-refractivity contribution in [2.45, 2.75) is 83.5 Å². The molecule has 0 spiro atoms. The molecule has 2 saturated carbocycles. The summed E-state index contributed by atoms with van der Waals surface area (Å²) in [6.07, 6.45) is 22.7. The van der Waals surface area contributed by atoms with E-state index in [1.165, 1.54) is 69.4 Å². The zero-order valence-corrected chi connectivity index (χ0v) is 17.7. The summed E-state index contributed by atoms with van der Waals surface area (Å²) in [4.78, 5) is 0. The Morgan fingerprint density at radius 3 is 2.14 bits per heavy atom. The lowest BCUT2D eigenvalue weighted by atomic mass is 9.68. The topological polar surface area (TPSA) is 23.8 Å². The molecular formula is C27H37N. The lowest BCUT2D eigenvalue weighted by molar-refractivity contribution is 0.157. The molecule has 0 aromatic heterocycles. The molecule has 1 aromatic rings. The van der Waals surface area contributed by atoms with E-state index in [2.05, 4.69) is 37.3 Å². The Bertz CT molecular complexity index is 659. The average molecular weight is 376 g/mol. The third kappa shape index (κ3) is 6.10. The summed E-state index contributed by atoms with van der Waals surface area (Å²) in [5.74, 6) is 3.71. The van der Waals surface area contributed by atoms with Crippen LogP contribution in [0.15, 0.2) is 48.6 Å². The van der Waals surface area contributed by atoms with Gasteiger partial charge in [-0.15, -0.1) is 0 Å². The first-order valence-electron chi connectivity index (χ1n) is 11.6. The van der Waals surface area contributed by atoms with Gasteiger partial charge in [0.15, 0.2) is 0 Å². The third-order valence-electron chi connectivity index (χ3n) is 7.35. The molecule has 0 bridgehead atoms. The zero-order chi connectivity index (χ0) is 19.6. The first-order chi connectivity index (χ1) is 13.8. The average Bonchev–Trinajstić information content (AvgIpc) is 2.77. The van der Waals surface area contributed by atoms with Crippen molar-refractivity contribution in [1.29, 1.82) is 5.26 Å². The molecule has 3 rings (SSSR count). The van der Waals surface area contributed by atoms with Crippen LogP contribution in [0.1, 0.15) is 88.2 Å². The van der Waals surface area contributed by atoms with E-state index in [0.29, 0.717) is 0 Å². The van der Waals surface area contributed by atoms with Crippen molar-refractivity contribution in [3.05, 3.63) is 59.7 Å². The van der Waals surface area contributed by atoms with Gasteiger partial charge in [0, 0.05) is 6.08 Å². The van der Waals surface area contributed by atoms with E-state index in [1.54, 1.807) is 5.56 Å². The van der Waals surface area contributed by atoms with Gasteiger partial charge in [-0.25, -0.2) is 0 Å². The normalized spacial score (nSPS) is 28.6. The van der Waals surface area contributed by atoms with E-state index in [-0.39, 0.29) is 0 Å². The Hall–Kier alpha value is -1.81. The summed E-state index contributed by atoms with van der Waals surface area (Å²) in [6.45, 7) is 2.24. The molecule has 0 saturated heterocycles. The minimum Gasteiger partial charge on any atom is -0.193 e. The SMILES string of the molecule is CCc1ccc([C@H]2CC[C@H](C3CCC(CC/C=C/C=C/C#N)CC3)CC2)cc1. The van der Waals surface area contributed by atoms with Crippen LogP contribution in [0.25, 0.3) is 0 Å². The van der Waals surface area contributed by atoms with Crippen LogP contribution in [0.3, 0.4) is 0 Å². The second-order valence-electron chi connectivity index (χ2n) is 8.98. The zero-order valence-electron chi connectivity index (χ0n) is 17.7. The number of nitrogens with zero attached hydrogens (tertiary/aromatic N) is 1. The van der Waals surface area contributed by atoms with Gasteiger partial charge in [-0.05, 0) is 92.6 Å². The molecule has 150 valence electrons. The van der Waals surface area contributed by atoms with E-state index in [9.17, 15) is 0 Å². The van der Waals surface area contributed by atoms with Gasteiger partial charge in [0.25, 0.3) is 0 Å². The van der Waals surface area contributed by atoms with Crippen molar-refractivity contribution in [2.75, 3.05) is 0 Å². The molecule has 2 aliphatic rings. The maximum absolute atomic E-state index is 8.48. The number of aryl methyl sites for hydroxylation is 1. The van der Waals surface area contributed by atoms with Crippen LogP contribution in [0, 0.1) is 29.1 Å². The first kappa shape index (κ1) is 20.9. The van der Waals surface area contributed by atoms with Crippen LogP contribution >= 0.6 is 0 Å². The lowest BCUT2D eigenvalue weighted by Crippen LogP contribution is -2.25. The second kappa shape index (κ2) is 11.3. The molecule has 0 heterocycles. The first-order valence-corrected chi connectivity index (χ1v) is 11.6. The number of hydrogen-bond donors (Lipinski definition) is 0. The third-order valence-corrected chi connectivity index (χ3v) is 7.35. The largest absolute Gasteiger partial charge is 0.193 e. The molecule has 2 aliphatic carbocycles. The predicted molar refractivity (Wildman–Crippen MR) is 119 cm³/mol. The highest BCUT2D eigenvalue weighted by molar-refractivity contribution is 5.25. The Labute approximate surface area is 172 Å². The van der Waals surface area contributed by atoms with Gasteiger partial charge in [0.05, 0.1) is 6.07 Å². The highest BCUT2D eigenvalue weighted by atomic mass is 14.4. The maximum Gasteiger partial charge on any atom is 0.0912 e. The van der Waals surface area contributed by atoms with Crippen molar-refractivity contribution in [1.82, 2.24) is 0 Å². The fourth-order valence-electron chi connectivity index (χ4n) is 5.50. The monoisotopic (exact) mass is 375 g/mol. The minimum absolute atomic E-state index is 0.806. The van der Waals surface area contributed by atoms with E-state index in [1.807, 2.05) is 18.2 Å². The summed E-state index contributed by atoms with van der Waals surface area (Å²) in [7, 11) is 0. The molecule has 1 nitrogen and oxygen atoms in total. The van der Waals surface area contributed by atoms with Crippen molar-refractivity contribution in [3.8, 4) is 6.07 Å². The molecule has 0 aliphatic heterocycles. The number of allylic oxidation sites excluding steroid dienone is 4. The van der Waals surface area contributed by atoms with Gasteiger partial charge in [0.2, 0.25) is 0 Å². The van der Waals surface area contributed by atoms with Crippen molar-refractivity contribution < 1.29 is 0 Å².